The topological polar surface area (TPSA) is 58.6 Å². The van der Waals surface area contributed by atoms with Gasteiger partial charge in [0.05, 0.1) is 6.10 Å². The van der Waals surface area contributed by atoms with Gasteiger partial charge in [-0.2, -0.15) is 0 Å². The molecule has 2 aromatic carbocycles. The number of benzene rings is 2. The second-order valence-electron chi connectivity index (χ2n) is 6.95. The van der Waals surface area contributed by atoms with Crippen molar-refractivity contribution in [3.05, 3.63) is 53.6 Å². The van der Waals surface area contributed by atoms with Crippen LogP contribution in [0.5, 0.6) is 5.75 Å². The number of nitrogens with zero attached hydrogens (tertiary/aromatic N) is 1. The number of ether oxygens (including phenoxy) is 1. The summed E-state index contributed by atoms with van der Waals surface area (Å²) in [5.74, 6) is 0.534. The Kier molecular flexibility index (Phi) is 6.99. The van der Waals surface area contributed by atoms with Crippen LogP contribution in [0.25, 0.3) is 0 Å². The molecule has 2 amide bonds. The third kappa shape index (κ3) is 6.13. The van der Waals surface area contributed by atoms with Crippen molar-refractivity contribution in [2.24, 2.45) is 0 Å². The molecule has 0 aromatic heterocycles. The summed E-state index contributed by atoms with van der Waals surface area (Å²) in [5, 5.41) is 2.93. The first-order valence-corrected chi connectivity index (χ1v) is 9.18. The van der Waals surface area contributed by atoms with Crippen LogP contribution in [0.4, 0.5) is 11.4 Å². The Labute approximate surface area is 161 Å². The van der Waals surface area contributed by atoms with E-state index < -0.39 is 0 Å². The second-order valence-corrected chi connectivity index (χ2v) is 6.95. The van der Waals surface area contributed by atoms with Crippen LogP contribution in [0.1, 0.15) is 38.3 Å². The Morgan fingerprint density at radius 1 is 1.07 bits per heavy atom. The molecule has 0 atom stereocenters. The van der Waals surface area contributed by atoms with Crippen molar-refractivity contribution in [3.63, 3.8) is 0 Å². The largest absolute Gasteiger partial charge is 0.491 e. The van der Waals surface area contributed by atoms with E-state index in [0.717, 1.165) is 28.3 Å². The van der Waals surface area contributed by atoms with Gasteiger partial charge >= 0.3 is 0 Å². The van der Waals surface area contributed by atoms with Crippen LogP contribution >= 0.6 is 0 Å². The highest BCUT2D eigenvalue weighted by molar-refractivity contribution is 5.95. The summed E-state index contributed by atoms with van der Waals surface area (Å²) in [5.41, 5.74) is 3.66. The number of anilines is 2. The van der Waals surface area contributed by atoms with E-state index in [0.29, 0.717) is 6.54 Å². The molecule has 0 saturated heterocycles. The quantitative estimate of drug-likeness (QED) is 0.784. The molecule has 5 heteroatoms. The van der Waals surface area contributed by atoms with Crippen molar-refractivity contribution < 1.29 is 14.3 Å². The summed E-state index contributed by atoms with van der Waals surface area (Å²) in [6.07, 6.45) is 0.311. The molecule has 2 aromatic rings. The van der Waals surface area contributed by atoms with Gasteiger partial charge < -0.3 is 15.0 Å². The SMILES string of the molecule is CC(=O)N(CCC(=O)Nc1cc(C)ccc1C)c1ccc(OC(C)C)cc1. The van der Waals surface area contributed by atoms with Gasteiger partial charge in [-0.05, 0) is 69.2 Å². The van der Waals surface area contributed by atoms with Crippen molar-refractivity contribution >= 4 is 23.2 Å². The zero-order chi connectivity index (χ0) is 20.0. The summed E-state index contributed by atoms with van der Waals surface area (Å²) in [7, 11) is 0. The minimum absolute atomic E-state index is 0.0912. The smallest absolute Gasteiger partial charge is 0.226 e. The lowest BCUT2D eigenvalue weighted by Crippen LogP contribution is -2.32. The number of hydrogen-bond donors (Lipinski definition) is 1. The predicted octanol–water partition coefficient (Wildman–Crippen LogP) is 4.47. The zero-order valence-corrected chi connectivity index (χ0v) is 16.7. The monoisotopic (exact) mass is 368 g/mol. The second kappa shape index (κ2) is 9.21. The predicted molar refractivity (Wildman–Crippen MR) is 109 cm³/mol. The summed E-state index contributed by atoms with van der Waals surface area (Å²) in [6, 6.07) is 13.3. The molecular weight excluding hydrogens is 340 g/mol. The first kappa shape index (κ1) is 20.5. The van der Waals surface area contributed by atoms with E-state index in [2.05, 4.69) is 5.32 Å². The first-order valence-electron chi connectivity index (χ1n) is 9.18. The lowest BCUT2D eigenvalue weighted by Gasteiger charge is -2.21. The highest BCUT2D eigenvalue weighted by Gasteiger charge is 2.14. The molecule has 27 heavy (non-hydrogen) atoms. The molecule has 0 aliphatic heterocycles. The van der Waals surface area contributed by atoms with Gasteiger partial charge in [0.25, 0.3) is 0 Å². The number of aryl methyl sites for hydroxylation is 2. The van der Waals surface area contributed by atoms with Gasteiger partial charge in [0.2, 0.25) is 11.8 Å². The molecule has 0 radical (unpaired) electrons. The fourth-order valence-electron chi connectivity index (χ4n) is 2.74. The average Bonchev–Trinajstić information content (AvgIpc) is 2.59. The van der Waals surface area contributed by atoms with Crippen molar-refractivity contribution in [2.45, 2.75) is 47.1 Å². The lowest BCUT2D eigenvalue weighted by atomic mass is 10.1. The molecule has 0 bridgehead atoms. The van der Waals surface area contributed by atoms with Gasteiger partial charge in [-0.15, -0.1) is 0 Å². The van der Waals surface area contributed by atoms with Crippen molar-refractivity contribution in [1.29, 1.82) is 0 Å². The number of carbonyl (C=O) groups excluding carboxylic acids is 2. The van der Waals surface area contributed by atoms with Gasteiger partial charge in [-0.25, -0.2) is 0 Å². The van der Waals surface area contributed by atoms with Gasteiger partial charge in [-0.1, -0.05) is 12.1 Å². The van der Waals surface area contributed by atoms with Crippen LogP contribution in [-0.2, 0) is 9.59 Å². The minimum Gasteiger partial charge on any atom is -0.491 e. The maximum Gasteiger partial charge on any atom is 0.226 e. The number of amides is 2. The fraction of sp³-hybridized carbons (Fsp3) is 0.364. The van der Waals surface area contributed by atoms with Crippen LogP contribution in [0.3, 0.4) is 0 Å². The average molecular weight is 368 g/mol. The van der Waals surface area contributed by atoms with Gasteiger partial charge in [0.15, 0.2) is 0 Å². The van der Waals surface area contributed by atoms with E-state index in [4.69, 9.17) is 4.74 Å². The summed E-state index contributed by atoms with van der Waals surface area (Å²) in [6.45, 7) is 9.68. The highest BCUT2D eigenvalue weighted by atomic mass is 16.5. The summed E-state index contributed by atoms with van der Waals surface area (Å²) in [4.78, 5) is 26.0. The maximum atomic E-state index is 12.3. The Morgan fingerprint density at radius 3 is 2.33 bits per heavy atom. The maximum absolute atomic E-state index is 12.3. The molecule has 144 valence electrons. The molecular formula is C22H28N2O3. The molecule has 0 unspecified atom stereocenters. The number of hydrogen-bond acceptors (Lipinski definition) is 3. The Bertz CT molecular complexity index is 798. The van der Waals surface area contributed by atoms with Crippen LogP contribution in [0, 0.1) is 13.8 Å². The van der Waals surface area contributed by atoms with Gasteiger partial charge in [-0.3, -0.25) is 9.59 Å². The molecule has 0 aliphatic rings. The summed E-state index contributed by atoms with van der Waals surface area (Å²) >= 11 is 0. The van der Waals surface area contributed by atoms with E-state index in [1.54, 1.807) is 4.90 Å². The number of carbonyl (C=O) groups is 2. The van der Waals surface area contributed by atoms with E-state index in [-0.39, 0.29) is 24.3 Å². The van der Waals surface area contributed by atoms with Crippen molar-refractivity contribution in [3.8, 4) is 5.75 Å². The third-order valence-corrected chi connectivity index (χ3v) is 4.13. The van der Waals surface area contributed by atoms with E-state index in [1.807, 2.05) is 70.2 Å². The van der Waals surface area contributed by atoms with Crippen LogP contribution in [0.15, 0.2) is 42.5 Å². The third-order valence-electron chi connectivity index (χ3n) is 4.13. The molecule has 5 nitrogen and oxygen atoms in total. The van der Waals surface area contributed by atoms with Crippen molar-refractivity contribution in [1.82, 2.24) is 0 Å². The Hall–Kier alpha value is -2.82. The standard InChI is InChI=1S/C22H28N2O3/c1-15(2)27-20-10-8-19(9-11-20)24(18(5)25)13-12-22(26)23-21-14-16(3)6-7-17(21)4/h6-11,14-15H,12-13H2,1-5H3,(H,23,26). The Balaban J connectivity index is 2.00. The molecule has 0 fully saturated rings. The summed E-state index contributed by atoms with van der Waals surface area (Å²) < 4.78 is 5.63. The number of rotatable bonds is 7. The fourth-order valence-corrected chi connectivity index (χ4v) is 2.74. The Morgan fingerprint density at radius 2 is 1.74 bits per heavy atom. The van der Waals surface area contributed by atoms with Crippen molar-refractivity contribution in [2.75, 3.05) is 16.8 Å². The van der Waals surface area contributed by atoms with Crippen LogP contribution in [-0.4, -0.2) is 24.5 Å². The number of nitrogens with one attached hydrogen (secondary N) is 1. The zero-order valence-electron chi connectivity index (χ0n) is 16.7. The molecule has 1 N–H and O–H groups in total. The van der Waals surface area contributed by atoms with Crippen LogP contribution < -0.4 is 15.0 Å². The van der Waals surface area contributed by atoms with E-state index in [9.17, 15) is 9.59 Å². The molecule has 0 saturated carbocycles. The minimum atomic E-state index is -0.116. The van der Waals surface area contributed by atoms with Gasteiger partial charge in [0, 0.05) is 31.3 Å². The molecule has 0 spiro atoms. The molecule has 0 heterocycles. The van der Waals surface area contributed by atoms with E-state index >= 15 is 0 Å². The van der Waals surface area contributed by atoms with Crippen LogP contribution in [0.2, 0.25) is 0 Å². The molecule has 2 rings (SSSR count). The highest BCUT2D eigenvalue weighted by Crippen LogP contribution is 2.21. The normalized spacial score (nSPS) is 10.6. The van der Waals surface area contributed by atoms with E-state index in [1.165, 1.54) is 6.92 Å². The van der Waals surface area contributed by atoms with Gasteiger partial charge in [0.1, 0.15) is 5.75 Å². The lowest BCUT2D eigenvalue weighted by molar-refractivity contribution is -0.117. The first-order chi connectivity index (χ1) is 12.8. The molecule has 0 aliphatic carbocycles.